The van der Waals surface area contributed by atoms with Crippen molar-refractivity contribution in [2.24, 2.45) is 5.92 Å². The molecule has 3 aromatic carbocycles. The molecule has 2 atom stereocenters. The fourth-order valence-corrected chi connectivity index (χ4v) is 5.28. The van der Waals surface area contributed by atoms with Crippen LogP contribution in [0, 0.1) is 23.4 Å². The van der Waals surface area contributed by atoms with E-state index >= 15 is 0 Å². The predicted molar refractivity (Wildman–Crippen MR) is 130 cm³/mol. The van der Waals surface area contributed by atoms with E-state index in [2.05, 4.69) is 9.80 Å². The number of benzene rings is 3. The van der Waals surface area contributed by atoms with Gasteiger partial charge >= 0.3 is 0 Å². The van der Waals surface area contributed by atoms with Crippen molar-refractivity contribution in [3.63, 3.8) is 0 Å². The van der Waals surface area contributed by atoms with Crippen molar-refractivity contribution in [1.29, 1.82) is 0 Å². The number of carbonyl (C=O) groups is 1. The van der Waals surface area contributed by atoms with Crippen LogP contribution in [0.15, 0.2) is 72.8 Å². The topological polar surface area (TPSA) is 26.8 Å². The minimum Gasteiger partial charge on any atom is -0.369 e. The molecule has 0 saturated carbocycles. The van der Waals surface area contributed by atoms with Crippen LogP contribution in [0.4, 0.5) is 18.9 Å². The predicted octanol–water partition coefficient (Wildman–Crippen LogP) is 4.78. The number of amides is 1. The first-order valence-corrected chi connectivity index (χ1v) is 12.0. The summed E-state index contributed by atoms with van der Waals surface area (Å²) in [7, 11) is 0. The summed E-state index contributed by atoms with van der Waals surface area (Å²) in [5.74, 6) is -0.855. The van der Waals surface area contributed by atoms with E-state index in [0.717, 1.165) is 44.0 Å². The number of nitrogens with zero attached hydrogens (tertiary/aromatic N) is 3. The van der Waals surface area contributed by atoms with Crippen LogP contribution in [0.5, 0.6) is 0 Å². The van der Waals surface area contributed by atoms with Gasteiger partial charge < -0.3 is 9.80 Å². The number of halogens is 3. The summed E-state index contributed by atoms with van der Waals surface area (Å²) in [5, 5.41) is 0. The molecule has 35 heavy (non-hydrogen) atoms. The second-order valence-corrected chi connectivity index (χ2v) is 9.40. The zero-order valence-electron chi connectivity index (χ0n) is 19.4. The monoisotopic (exact) mass is 479 g/mol. The molecular weight excluding hydrogens is 451 g/mol. The minimum atomic E-state index is -0.377. The van der Waals surface area contributed by atoms with E-state index in [4.69, 9.17) is 0 Å². The summed E-state index contributed by atoms with van der Waals surface area (Å²) in [5.41, 5.74) is 2.37. The smallest absolute Gasteiger partial charge is 0.253 e. The van der Waals surface area contributed by atoms with Crippen molar-refractivity contribution in [1.82, 2.24) is 9.80 Å². The highest BCUT2D eigenvalue weighted by Crippen LogP contribution is 2.35. The molecule has 0 radical (unpaired) electrons. The molecule has 2 heterocycles. The fourth-order valence-electron chi connectivity index (χ4n) is 5.28. The van der Waals surface area contributed by atoms with E-state index in [-0.39, 0.29) is 35.2 Å². The van der Waals surface area contributed by atoms with Crippen LogP contribution in [0.1, 0.15) is 21.8 Å². The lowest BCUT2D eigenvalue weighted by Crippen LogP contribution is -2.48. The first-order valence-electron chi connectivity index (χ1n) is 12.0. The number of carbonyl (C=O) groups excluding carboxylic acids is 1. The maximum atomic E-state index is 14.0. The van der Waals surface area contributed by atoms with Gasteiger partial charge in [-0.3, -0.25) is 9.69 Å². The SMILES string of the molecule is O=C(c1ccc(F)cc1)N1C[C@H](CN2CCN(c3ccc(F)cc3)CC2)[C@@H](c2cccc(F)c2)C1. The highest BCUT2D eigenvalue weighted by Gasteiger charge is 2.38. The Morgan fingerprint density at radius 3 is 2.09 bits per heavy atom. The van der Waals surface area contributed by atoms with Crippen molar-refractivity contribution >= 4 is 11.6 Å². The Hall–Kier alpha value is -3.32. The minimum absolute atomic E-state index is 0.0187. The normalized spacial score (nSPS) is 20.9. The molecule has 7 heteroatoms. The number of hydrogen-bond acceptors (Lipinski definition) is 3. The van der Waals surface area contributed by atoms with E-state index < -0.39 is 0 Å². The van der Waals surface area contributed by atoms with Crippen molar-refractivity contribution in [3.8, 4) is 0 Å². The molecule has 1 amide bonds. The van der Waals surface area contributed by atoms with E-state index in [1.165, 1.54) is 42.5 Å². The van der Waals surface area contributed by atoms with Gasteiger partial charge in [-0.1, -0.05) is 12.1 Å². The Kier molecular flexibility index (Phi) is 6.77. The molecule has 2 fully saturated rings. The average molecular weight is 480 g/mol. The van der Waals surface area contributed by atoms with Crippen LogP contribution in [-0.2, 0) is 0 Å². The third kappa shape index (κ3) is 5.35. The van der Waals surface area contributed by atoms with Crippen molar-refractivity contribution in [3.05, 3.63) is 101 Å². The van der Waals surface area contributed by atoms with Gasteiger partial charge in [0.15, 0.2) is 0 Å². The van der Waals surface area contributed by atoms with Crippen molar-refractivity contribution in [2.75, 3.05) is 50.7 Å². The van der Waals surface area contributed by atoms with E-state index in [1.807, 2.05) is 11.0 Å². The maximum absolute atomic E-state index is 14.0. The van der Waals surface area contributed by atoms with E-state index in [0.29, 0.717) is 18.7 Å². The number of likely N-dealkylation sites (tertiary alicyclic amines) is 1. The van der Waals surface area contributed by atoms with Gasteiger partial charge in [0.25, 0.3) is 5.91 Å². The molecule has 2 aliphatic rings. The van der Waals surface area contributed by atoms with Gasteiger partial charge in [-0.2, -0.15) is 0 Å². The molecule has 0 spiro atoms. The molecule has 3 aromatic rings. The molecule has 0 unspecified atom stereocenters. The van der Waals surface area contributed by atoms with Crippen molar-refractivity contribution < 1.29 is 18.0 Å². The van der Waals surface area contributed by atoms with Gasteiger partial charge in [0.05, 0.1) is 0 Å². The molecule has 5 rings (SSSR count). The standard InChI is InChI=1S/C28H28F3N3O/c29-23-6-4-20(5-7-23)28(35)34-18-22(27(19-34)21-2-1-3-25(31)16-21)17-32-12-14-33(15-13-32)26-10-8-24(30)9-11-26/h1-11,16,22,27H,12-15,17-19H2/t22-,27+/m0/s1. The lowest BCUT2D eigenvalue weighted by Gasteiger charge is -2.37. The third-order valence-electron chi connectivity index (χ3n) is 7.15. The highest BCUT2D eigenvalue weighted by molar-refractivity contribution is 5.94. The maximum Gasteiger partial charge on any atom is 0.253 e. The Bertz CT molecular complexity index is 1160. The molecule has 0 N–H and O–H groups in total. The molecular formula is C28H28F3N3O. The lowest BCUT2D eigenvalue weighted by molar-refractivity contribution is 0.0782. The second kappa shape index (κ2) is 10.1. The number of hydrogen-bond donors (Lipinski definition) is 0. The van der Waals surface area contributed by atoms with Gasteiger partial charge in [0.2, 0.25) is 0 Å². The van der Waals surface area contributed by atoms with Crippen LogP contribution < -0.4 is 4.90 Å². The van der Waals surface area contributed by atoms with Gasteiger partial charge in [0.1, 0.15) is 17.5 Å². The van der Waals surface area contributed by atoms with Gasteiger partial charge in [-0.15, -0.1) is 0 Å². The highest BCUT2D eigenvalue weighted by atomic mass is 19.1. The summed E-state index contributed by atoms with van der Waals surface area (Å²) in [6, 6.07) is 18.8. The summed E-state index contributed by atoms with van der Waals surface area (Å²) in [6.45, 7) is 5.24. The first-order chi connectivity index (χ1) is 17.0. The van der Waals surface area contributed by atoms with Gasteiger partial charge in [-0.25, -0.2) is 13.2 Å². The Morgan fingerprint density at radius 2 is 1.43 bits per heavy atom. The van der Waals surface area contributed by atoms with E-state index in [9.17, 15) is 18.0 Å². The van der Waals surface area contributed by atoms with Crippen LogP contribution in [0.3, 0.4) is 0 Å². The zero-order chi connectivity index (χ0) is 24.4. The van der Waals surface area contributed by atoms with Gasteiger partial charge in [0, 0.05) is 63.0 Å². The summed E-state index contributed by atoms with van der Waals surface area (Å²) in [6.07, 6.45) is 0. The average Bonchev–Trinajstić information content (AvgIpc) is 3.29. The van der Waals surface area contributed by atoms with Crippen LogP contribution in [0.2, 0.25) is 0 Å². The fraction of sp³-hybridized carbons (Fsp3) is 0.321. The zero-order valence-corrected chi connectivity index (χ0v) is 19.4. The number of anilines is 1. The molecule has 0 aromatic heterocycles. The Morgan fingerprint density at radius 1 is 0.771 bits per heavy atom. The molecule has 182 valence electrons. The van der Waals surface area contributed by atoms with Crippen LogP contribution in [0.25, 0.3) is 0 Å². The van der Waals surface area contributed by atoms with Gasteiger partial charge in [-0.05, 0) is 72.1 Å². The largest absolute Gasteiger partial charge is 0.369 e. The number of rotatable bonds is 5. The lowest BCUT2D eigenvalue weighted by atomic mass is 9.88. The Labute approximate surface area is 203 Å². The Balaban J connectivity index is 1.28. The molecule has 4 nitrogen and oxygen atoms in total. The third-order valence-corrected chi connectivity index (χ3v) is 7.15. The quantitative estimate of drug-likeness (QED) is 0.527. The number of piperazine rings is 1. The summed E-state index contributed by atoms with van der Waals surface area (Å²) >= 11 is 0. The molecule has 0 aliphatic carbocycles. The molecule has 0 bridgehead atoms. The second-order valence-electron chi connectivity index (χ2n) is 9.40. The van der Waals surface area contributed by atoms with Crippen molar-refractivity contribution in [2.45, 2.75) is 5.92 Å². The van der Waals surface area contributed by atoms with Crippen LogP contribution >= 0.6 is 0 Å². The van der Waals surface area contributed by atoms with Crippen LogP contribution in [-0.4, -0.2) is 61.5 Å². The molecule has 2 aliphatic heterocycles. The summed E-state index contributed by atoms with van der Waals surface area (Å²) < 4.78 is 40.6. The summed E-state index contributed by atoms with van der Waals surface area (Å²) in [4.78, 5) is 19.6. The molecule has 2 saturated heterocycles. The van der Waals surface area contributed by atoms with E-state index in [1.54, 1.807) is 24.3 Å². The first kappa shape index (κ1) is 23.4.